The number of esters is 1. The normalized spacial score (nSPS) is 19.7. The zero-order valence-electron chi connectivity index (χ0n) is 16.5. The smallest absolute Gasteiger partial charge is 0.344 e. The summed E-state index contributed by atoms with van der Waals surface area (Å²) in [6.45, 7) is 1.99. The molecule has 0 saturated carbocycles. The van der Waals surface area contributed by atoms with Gasteiger partial charge in [-0.1, -0.05) is 30.1 Å². The summed E-state index contributed by atoms with van der Waals surface area (Å²) in [5.74, 6) is -0.0454. The first kappa shape index (κ1) is 20.9. The number of carbonyl (C=O) groups excluding carboxylic acids is 2. The average Bonchev–Trinajstić information content (AvgIpc) is 3.08. The van der Waals surface area contributed by atoms with Crippen molar-refractivity contribution < 1.29 is 19.1 Å². The lowest BCUT2D eigenvalue weighted by molar-refractivity contribution is -0.147. The number of ketones is 1. The number of benzene rings is 1. The lowest BCUT2D eigenvalue weighted by atomic mass is 9.71. The van der Waals surface area contributed by atoms with Crippen LogP contribution in [-0.2, 0) is 27.4 Å². The molecule has 1 heterocycles. The predicted octanol–water partition coefficient (Wildman–Crippen LogP) is 5.21. The number of carbonyl (C=O) groups is 2. The van der Waals surface area contributed by atoms with Gasteiger partial charge in [-0.25, -0.2) is 4.79 Å². The van der Waals surface area contributed by atoms with Crippen molar-refractivity contribution in [2.24, 2.45) is 5.41 Å². The molecule has 4 rings (SSSR count). The van der Waals surface area contributed by atoms with E-state index in [4.69, 9.17) is 32.7 Å². The molecule has 0 saturated heterocycles. The maximum atomic E-state index is 12.1. The zero-order chi connectivity index (χ0) is 21.3. The summed E-state index contributed by atoms with van der Waals surface area (Å²) in [6, 6.07) is 5.38. The Labute approximate surface area is 185 Å². The summed E-state index contributed by atoms with van der Waals surface area (Å²) in [4.78, 5) is 28.0. The van der Waals surface area contributed by atoms with Crippen molar-refractivity contribution in [3.8, 4) is 5.75 Å². The van der Waals surface area contributed by atoms with Gasteiger partial charge in [0.05, 0.1) is 5.02 Å². The fourth-order valence-corrected chi connectivity index (χ4v) is 4.79. The van der Waals surface area contributed by atoms with E-state index >= 15 is 0 Å². The minimum atomic E-state index is -0.508. The molecule has 0 amide bonds. The van der Waals surface area contributed by atoms with Crippen LogP contribution < -0.4 is 4.74 Å². The quantitative estimate of drug-likeness (QED) is 0.570. The molecule has 2 aliphatic carbocycles. The van der Waals surface area contributed by atoms with Gasteiger partial charge in [-0.15, -0.1) is 0 Å². The summed E-state index contributed by atoms with van der Waals surface area (Å²) in [5, 5.41) is 0.605. The molecular formula is C23H21Cl2NO4. The Balaban J connectivity index is 1.51. The highest BCUT2D eigenvalue weighted by Crippen LogP contribution is 2.57. The summed E-state index contributed by atoms with van der Waals surface area (Å²) in [6.07, 6.45) is 8.02. The van der Waals surface area contributed by atoms with Crippen LogP contribution in [-0.4, -0.2) is 23.3 Å². The van der Waals surface area contributed by atoms with Gasteiger partial charge in [-0.05, 0) is 60.2 Å². The van der Waals surface area contributed by atoms with E-state index in [1.165, 1.54) is 0 Å². The van der Waals surface area contributed by atoms with Crippen LogP contribution in [0.5, 0.6) is 5.75 Å². The summed E-state index contributed by atoms with van der Waals surface area (Å²) in [5.41, 5.74) is 3.56. The molecule has 0 aliphatic heterocycles. The lowest BCUT2D eigenvalue weighted by Crippen LogP contribution is -2.24. The van der Waals surface area contributed by atoms with Crippen LogP contribution >= 0.6 is 23.2 Å². The first-order valence-electron chi connectivity index (χ1n) is 9.87. The van der Waals surface area contributed by atoms with Crippen molar-refractivity contribution in [1.29, 1.82) is 0 Å². The Morgan fingerprint density at radius 3 is 2.73 bits per heavy atom. The number of ether oxygens (including phenoxy) is 2. The van der Waals surface area contributed by atoms with Crippen molar-refractivity contribution in [2.75, 3.05) is 6.61 Å². The lowest BCUT2D eigenvalue weighted by Gasteiger charge is -2.32. The third-order valence-corrected chi connectivity index (χ3v) is 6.80. The molecule has 7 heteroatoms. The second-order valence-corrected chi connectivity index (χ2v) is 8.43. The maximum absolute atomic E-state index is 12.1. The highest BCUT2D eigenvalue weighted by atomic mass is 35.5. The van der Waals surface area contributed by atoms with Crippen molar-refractivity contribution in [2.45, 2.75) is 39.2 Å². The molecule has 0 bridgehead atoms. The average molecular weight is 446 g/mol. The van der Waals surface area contributed by atoms with Crippen LogP contribution in [0.2, 0.25) is 10.0 Å². The van der Waals surface area contributed by atoms with Crippen LogP contribution in [0.25, 0.3) is 5.57 Å². The number of hydrogen-bond acceptors (Lipinski definition) is 5. The third kappa shape index (κ3) is 3.84. The molecule has 30 heavy (non-hydrogen) atoms. The molecule has 0 radical (unpaired) electrons. The topological polar surface area (TPSA) is 65.5 Å². The summed E-state index contributed by atoms with van der Waals surface area (Å²) in [7, 11) is 0. The Hall–Kier alpha value is -2.37. The van der Waals surface area contributed by atoms with Gasteiger partial charge in [-0.3, -0.25) is 9.78 Å². The molecular weight excluding hydrogens is 425 g/mol. The van der Waals surface area contributed by atoms with E-state index < -0.39 is 5.97 Å². The number of aromatic nitrogens is 1. The van der Waals surface area contributed by atoms with E-state index in [0.717, 1.165) is 41.5 Å². The second-order valence-electron chi connectivity index (χ2n) is 7.68. The van der Waals surface area contributed by atoms with Gasteiger partial charge < -0.3 is 9.47 Å². The van der Waals surface area contributed by atoms with E-state index in [0.29, 0.717) is 17.2 Å². The van der Waals surface area contributed by atoms with Gasteiger partial charge in [0.2, 0.25) is 0 Å². The van der Waals surface area contributed by atoms with Crippen molar-refractivity contribution >= 4 is 40.5 Å². The van der Waals surface area contributed by atoms with E-state index in [1.807, 2.05) is 6.07 Å². The third-order valence-electron chi connectivity index (χ3n) is 5.95. The molecule has 0 fully saturated rings. The van der Waals surface area contributed by atoms with E-state index in [9.17, 15) is 9.59 Å². The molecule has 2 aromatic rings. The zero-order valence-corrected chi connectivity index (χ0v) is 18.1. The van der Waals surface area contributed by atoms with Crippen molar-refractivity contribution in [3.63, 3.8) is 0 Å². The minimum Gasteiger partial charge on any atom is -0.480 e. The van der Waals surface area contributed by atoms with Gasteiger partial charge in [0.15, 0.2) is 12.4 Å². The Morgan fingerprint density at radius 2 is 2.00 bits per heavy atom. The molecule has 0 spiro atoms. The maximum Gasteiger partial charge on any atom is 0.344 e. The van der Waals surface area contributed by atoms with Crippen molar-refractivity contribution in [1.82, 2.24) is 4.98 Å². The number of nitrogens with zero attached hydrogens (tertiary/aromatic N) is 1. The molecule has 5 nitrogen and oxygen atoms in total. The fraction of sp³-hybridized carbons (Fsp3) is 0.348. The Morgan fingerprint density at radius 1 is 1.23 bits per heavy atom. The first-order valence-corrected chi connectivity index (χ1v) is 10.6. The van der Waals surface area contributed by atoms with E-state index in [1.54, 1.807) is 30.6 Å². The highest BCUT2D eigenvalue weighted by molar-refractivity contribution is 6.44. The highest BCUT2D eigenvalue weighted by Gasteiger charge is 2.44. The van der Waals surface area contributed by atoms with Crippen LogP contribution in [0.1, 0.15) is 42.9 Å². The molecule has 0 N–H and O–H groups in total. The SMILES string of the molecule is CCC12CCC(=O)C=C1c1c(cc(OCC(=O)OCc3ccncc3)c(Cl)c1Cl)C2. The van der Waals surface area contributed by atoms with Gasteiger partial charge in [0.25, 0.3) is 0 Å². The number of pyridine rings is 1. The van der Waals surface area contributed by atoms with Crippen LogP contribution in [0.15, 0.2) is 36.7 Å². The molecule has 1 unspecified atom stereocenters. The number of hydrogen-bond donors (Lipinski definition) is 0. The first-order chi connectivity index (χ1) is 14.4. The summed E-state index contributed by atoms with van der Waals surface area (Å²) >= 11 is 13.1. The monoisotopic (exact) mass is 445 g/mol. The molecule has 1 atom stereocenters. The fourth-order valence-electron chi connectivity index (χ4n) is 4.27. The molecule has 156 valence electrons. The van der Waals surface area contributed by atoms with E-state index in [-0.39, 0.29) is 29.4 Å². The number of rotatable bonds is 6. The van der Waals surface area contributed by atoms with Crippen LogP contribution in [0.3, 0.4) is 0 Å². The van der Waals surface area contributed by atoms with Crippen LogP contribution in [0.4, 0.5) is 0 Å². The van der Waals surface area contributed by atoms with Gasteiger partial charge in [0.1, 0.15) is 17.4 Å². The van der Waals surface area contributed by atoms with Gasteiger partial charge in [0, 0.05) is 29.8 Å². The van der Waals surface area contributed by atoms with Gasteiger partial charge >= 0.3 is 5.97 Å². The second kappa shape index (κ2) is 8.40. The summed E-state index contributed by atoms with van der Waals surface area (Å²) < 4.78 is 10.9. The van der Waals surface area contributed by atoms with Crippen molar-refractivity contribution in [3.05, 3.63) is 63.4 Å². The van der Waals surface area contributed by atoms with Gasteiger partial charge in [-0.2, -0.15) is 0 Å². The Bertz CT molecular complexity index is 1040. The van der Waals surface area contributed by atoms with E-state index in [2.05, 4.69) is 11.9 Å². The largest absolute Gasteiger partial charge is 0.480 e. The molecule has 1 aromatic heterocycles. The Kier molecular flexibility index (Phi) is 5.85. The minimum absolute atomic E-state index is 0.0920. The number of allylic oxidation sites excluding steroid dienone is 2. The standard InChI is InChI=1S/C23H21Cl2NO4/c1-2-23-6-3-16(27)10-17(23)20-15(11-23)9-18(21(24)22(20)25)29-13-19(28)30-12-14-4-7-26-8-5-14/h4-5,7-10H,2-3,6,11-13H2,1H3. The number of fused-ring (bicyclic) bond motifs is 3. The van der Waals surface area contributed by atoms with Crippen LogP contribution in [0, 0.1) is 5.41 Å². The number of halogens is 2. The molecule has 1 aromatic carbocycles. The predicted molar refractivity (Wildman–Crippen MR) is 115 cm³/mol. The molecule has 2 aliphatic rings.